The fraction of sp³-hybridized carbons (Fsp3) is 0.200. The quantitative estimate of drug-likeness (QED) is 0.676. The molecule has 7 heteroatoms. The van der Waals surface area contributed by atoms with Crippen LogP contribution in [-0.2, 0) is 4.79 Å². The number of anilines is 1. The highest BCUT2D eigenvalue weighted by atomic mass is 16.6. The molecule has 0 saturated heterocycles. The summed E-state index contributed by atoms with van der Waals surface area (Å²) in [5.41, 5.74) is 1.44. The van der Waals surface area contributed by atoms with E-state index in [4.69, 9.17) is 4.74 Å². The van der Waals surface area contributed by atoms with Gasteiger partial charge in [0, 0.05) is 5.56 Å². The Bertz CT molecular complexity index is 698. The van der Waals surface area contributed by atoms with Crippen molar-refractivity contribution in [1.29, 1.82) is 0 Å². The summed E-state index contributed by atoms with van der Waals surface area (Å²) in [6, 6.07) is 8.76. The minimum absolute atomic E-state index is 0.0890. The van der Waals surface area contributed by atoms with Crippen LogP contribution in [0.1, 0.15) is 11.1 Å². The first-order valence-electron chi connectivity index (χ1n) is 6.56. The first-order chi connectivity index (χ1) is 10.5. The van der Waals surface area contributed by atoms with Crippen LogP contribution in [0.4, 0.5) is 11.5 Å². The first kappa shape index (κ1) is 15.4. The van der Waals surface area contributed by atoms with E-state index >= 15 is 0 Å². The maximum atomic E-state index is 11.8. The highest BCUT2D eigenvalue weighted by Gasteiger charge is 2.12. The SMILES string of the molecule is Cc1ccc(OCC(=O)Nc2cc(C)c([N+](=O)[O-])cn2)cc1. The van der Waals surface area contributed by atoms with Crippen molar-refractivity contribution < 1.29 is 14.5 Å². The predicted molar refractivity (Wildman–Crippen MR) is 80.9 cm³/mol. The number of pyridine rings is 1. The normalized spacial score (nSPS) is 10.1. The van der Waals surface area contributed by atoms with Gasteiger partial charge in [0.2, 0.25) is 0 Å². The number of nitro groups is 1. The van der Waals surface area contributed by atoms with E-state index in [9.17, 15) is 14.9 Å². The van der Waals surface area contributed by atoms with Crippen LogP contribution >= 0.6 is 0 Å². The van der Waals surface area contributed by atoms with Crippen molar-refractivity contribution in [2.24, 2.45) is 0 Å². The van der Waals surface area contributed by atoms with E-state index in [0.717, 1.165) is 11.8 Å². The molecule has 1 aromatic heterocycles. The number of hydrogen-bond donors (Lipinski definition) is 1. The third-order valence-corrected chi connectivity index (χ3v) is 2.94. The van der Waals surface area contributed by atoms with E-state index in [-0.39, 0.29) is 24.0 Å². The highest BCUT2D eigenvalue weighted by Crippen LogP contribution is 2.18. The van der Waals surface area contributed by atoms with Gasteiger partial charge in [-0.2, -0.15) is 0 Å². The molecule has 0 unspecified atom stereocenters. The van der Waals surface area contributed by atoms with Gasteiger partial charge in [-0.3, -0.25) is 14.9 Å². The summed E-state index contributed by atoms with van der Waals surface area (Å²) in [6.45, 7) is 3.37. The highest BCUT2D eigenvalue weighted by molar-refractivity contribution is 5.91. The second kappa shape index (κ2) is 6.66. The molecule has 0 spiro atoms. The molecule has 0 bridgehead atoms. The Labute approximate surface area is 127 Å². The number of nitrogens with zero attached hydrogens (tertiary/aromatic N) is 2. The lowest BCUT2D eigenvalue weighted by molar-refractivity contribution is -0.385. The average molecular weight is 301 g/mol. The smallest absolute Gasteiger partial charge is 0.290 e. The molecular formula is C15H15N3O4. The van der Waals surface area contributed by atoms with Crippen molar-refractivity contribution in [3.05, 3.63) is 57.8 Å². The number of hydrogen-bond acceptors (Lipinski definition) is 5. The van der Waals surface area contributed by atoms with Gasteiger partial charge in [-0.25, -0.2) is 4.98 Å². The number of ether oxygens (including phenoxy) is 1. The van der Waals surface area contributed by atoms with Gasteiger partial charge in [0.25, 0.3) is 11.6 Å². The van der Waals surface area contributed by atoms with Gasteiger partial charge in [-0.1, -0.05) is 17.7 Å². The molecule has 2 rings (SSSR count). The van der Waals surface area contributed by atoms with Crippen molar-refractivity contribution in [3.63, 3.8) is 0 Å². The predicted octanol–water partition coefficient (Wildman–Crippen LogP) is 2.62. The van der Waals surface area contributed by atoms with Crippen molar-refractivity contribution in [2.45, 2.75) is 13.8 Å². The van der Waals surface area contributed by atoms with Gasteiger partial charge in [0.15, 0.2) is 6.61 Å². The molecule has 2 aromatic rings. The molecule has 1 aromatic carbocycles. The lowest BCUT2D eigenvalue weighted by atomic mass is 10.2. The third kappa shape index (κ3) is 4.02. The lowest BCUT2D eigenvalue weighted by Crippen LogP contribution is -2.20. The van der Waals surface area contributed by atoms with E-state index < -0.39 is 4.92 Å². The van der Waals surface area contributed by atoms with E-state index in [0.29, 0.717) is 11.3 Å². The van der Waals surface area contributed by atoms with Crippen LogP contribution in [0.2, 0.25) is 0 Å². The number of aryl methyl sites for hydroxylation is 2. The largest absolute Gasteiger partial charge is 0.484 e. The Morgan fingerprint density at radius 1 is 1.32 bits per heavy atom. The standard InChI is InChI=1S/C15H15N3O4/c1-10-3-5-12(6-4-10)22-9-15(19)17-14-7-11(2)13(8-16-14)18(20)21/h3-8H,9H2,1-2H3,(H,16,17,19). The molecule has 114 valence electrons. The summed E-state index contributed by atoms with van der Waals surface area (Å²) in [5, 5.41) is 13.2. The molecule has 7 nitrogen and oxygen atoms in total. The van der Waals surface area contributed by atoms with Crippen LogP contribution < -0.4 is 10.1 Å². The van der Waals surface area contributed by atoms with Crippen molar-refractivity contribution in [3.8, 4) is 5.75 Å². The number of carbonyl (C=O) groups is 1. The summed E-state index contributed by atoms with van der Waals surface area (Å²) in [7, 11) is 0. The topological polar surface area (TPSA) is 94.4 Å². The second-order valence-electron chi connectivity index (χ2n) is 4.76. The molecule has 0 saturated carbocycles. The Hall–Kier alpha value is -2.96. The van der Waals surface area contributed by atoms with Crippen LogP contribution in [0, 0.1) is 24.0 Å². The Morgan fingerprint density at radius 2 is 2.00 bits per heavy atom. The molecule has 1 heterocycles. The van der Waals surface area contributed by atoms with Crippen LogP contribution in [0.5, 0.6) is 5.75 Å². The van der Waals surface area contributed by atoms with E-state index in [1.54, 1.807) is 19.1 Å². The summed E-state index contributed by atoms with van der Waals surface area (Å²) in [6.07, 6.45) is 1.12. The van der Waals surface area contributed by atoms with E-state index in [1.165, 1.54) is 6.07 Å². The molecular weight excluding hydrogens is 286 g/mol. The fourth-order valence-corrected chi connectivity index (χ4v) is 1.77. The van der Waals surface area contributed by atoms with Gasteiger partial charge in [0.05, 0.1) is 4.92 Å². The van der Waals surface area contributed by atoms with Crippen molar-refractivity contribution in [2.75, 3.05) is 11.9 Å². The van der Waals surface area contributed by atoms with E-state index in [1.807, 2.05) is 19.1 Å². The molecule has 0 radical (unpaired) electrons. The number of amides is 1. The maximum absolute atomic E-state index is 11.8. The maximum Gasteiger partial charge on any atom is 0.290 e. The summed E-state index contributed by atoms with van der Waals surface area (Å²) in [5.74, 6) is 0.454. The van der Waals surface area contributed by atoms with Crippen molar-refractivity contribution in [1.82, 2.24) is 4.98 Å². The number of aromatic nitrogens is 1. The molecule has 0 atom stereocenters. The van der Waals surface area contributed by atoms with Crippen LogP contribution in [0.3, 0.4) is 0 Å². The second-order valence-corrected chi connectivity index (χ2v) is 4.76. The Kier molecular flexibility index (Phi) is 4.67. The average Bonchev–Trinajstić information content (AvgIpc) is 2.46. The minimum Gasteiger partial charge on any atom is -0.484 e. The van der Waals surface area contributed by atoms with Crippen LogP contribution in [0.15, 0.2) is 36.5 Å². The Morgan fingerprint density at radius 3 is 2.59 bits per heavy atom. The van der Waals surface area contributed by atoms with Gasteiger partial charge < -0.3 is 10.1 Å². The molecule has 1 N–H and O–H groups in total. The summed E-state index contributed by atoms with van der Waals surface area (Å²) in [4.78, 5) is 25.8. The van der Waals surface area contributed by atoms with Crippen molar-refractivity contribution >= 4 is 17.4 Å². The monoisotopic (exact) mass is 301 g/mol. The molecule has 22 heavy (non-hydrogen) atoms. The number of carbonyl (C=O) groups excluding carboxylic acids is 1. The van der Waals surface area contributed by atoms with Gasteiger partial charge in [0.1, 0.15) is 17.8 Å². The van der Waals surface area contributed by atoms with Crippen LogP contribution in [-0.4, -0.2) is 22.4 Å². The van der Waals surface area contributed by atoms with Gasteiger partial charge in [-0.05, 0) is 32.0 Å². The Balaban J connectivity index is 1.93. The summed E-state index contributed by atoms with van der Waals surface area (Å²) >= 11 is 0. The molecule has 0 aliphatic rings. The lowest BCUT2D eigenvalue weighted by Gasteiger charge is -2.07. The molecule has 0 aliphatic heterocycles. The summed E-state index contributed by atoms with van der Waals surface area (Å²) < 4.78 is 5.34. The van der Waals surface area contributed by atoms with Crippen LogP contribution in [0.25, 0.3) is 0 Å². The minimum atomic E-state index is -0.519. The molecule has 0 aliphatic carbocycles. The third-order valence-electron chi connectivity index (χ3n) is 2.94. The zero-order valence-electron chi connectivity index (χ0n) is 12.2. The number of nitrogens with one attached hydrogen (secondary N) is 1. The molecule has 0 fully saturated rings. The zero-order chi connectivity index (χ0) is 16.1. The van der Waals surface area contributed by atoms with Gasteiger partial charge >= 0.3 is 0 Å². The number of benzene rings is 1. The van der Waals surface area contributed by atoms with E-state index in [2.05, 4.69) is 10.3 Å². The molecule has 1 amide bonds. The first-order valence-corrected chi connectivity index (χ1v) is 6.56. The fourth-order valence-electron chi connectivity index (χ4n) is 1.77. The van der Waals surface area contributed by atoms with Gasteiger partial charge in [-0.15, -0.1) is 0 Å². The zero-order valence-corrected chi connectivity index (χ0v) is 12.2. The number of rotatable bonds is 5.